The number of methoxy groups -OCH3 is 4. The molecule has 0 saturated carbocycles. The number of hydrogen-bond donors (Lipinski definition) is 0. The van der Waals surface area contributed by atoms with Crippen molar-refractivity contribution in [2.45, 2.75) is 79.1 Å². The van der Waals surface area contributed by atoms with Crippen molar-refractivity contribution in [3.8, 4) is 34.5 Å². The lowest BCUT2D eigenvalue weighted by Gasteiger charge is -2.19. The maximum absolute atomic E-state index is 6.31. The van der Waals surface area contributed by atoms with Gasteiger partial charge in [-0.05, 0) is 82.0 Å². The fourth-order valence-corrected chi connectivity index (χ4v) is 6.50. The minimum absolute atomic E-state index is 0.504. The van der Waals surface area contributed by atoms with Gasteiger partial charge < -0.3 is 28.4 Å². The second kappa shape index (κ2) is 21.1. The van der Waals surface area contributed by atoms with Crippen molar-refractivity contribution < 1.29 is 28.4 Å². The molecule has 4 aromatic rings. The SMILES string of the molecule is CCCCC(CC)COc1c(OC)cc(/C=C/c2cccc3c(/C=C/c4cc(OC)c(OCC(CC)CCCC)c(OC)c4)cccc23)cc1OC. The summed E-state index contributed by atoms with van der Waals surface area (Å²) in [6.45, 7) is 10.2. The first-order valence-corrected chi connectivity index (χ1v) is 19.1. The van der Waals surface area contributed by atoms with Crippen molar-refractivity contribution in [1.29, 1.82) is 0 Å². The van der Waals surface area contributed by atoms with Crippen molar-refractivity contribution >= 4 is 35.1 Å². The van der Waals surface area contributed by atoms with E-state index in [9.17, 15) is 0 Å². The first-order valence-electron chi connectivity index (χ1n) is 19.1. The predicted molar refractivity (Wildman–Crippen MR) is 218 cm³/mol. The van der Waals surface area contributed by atoms with E-state index >= 15 is 0 Å². The van der Waals surface area contributed by atoms with Crippen LogP contribution in [0.4, 0.5) is 0 Å². The quantitative estimate of drug-likeness (QED) is 0.0758. The molecule has 2 unspecified atom stereocenters. The summed E-state index contributed by atoms with van der Waals surface area (Å²) in [6, 6.07) is 20.8. The molecular weight excluding hydrogens is 649 g/mol. The van der Waals surface area contributed by atoms with E-state index in [-0.39, 0.29) is 0 Å². The van der Waals surface area contributed by atoms with Gasteiger partial charge in [0.15, 0.2) is 23.0 Å². The van der Waals surface area contributed by atoms with Crippen LogP contribution < -0.4 is 28.4 Å². The number of ether oxygens (including phenoxy) is 6. The van der Waals surface area contributed by atoms with Gasteiger partial charge in [0, 0.05) is 0 Å². The molecule has 0 spiro atoms. The summed E-state index contributed by atoms with van der Waals surface area (Å²) in [5.41, 5.74) is 4.16. The Morgan fingerprint density at radius 1 is 0.500 bits per heavy atom. The van der Waals surface area contributed by atoms with Crippen LogP contribution in [0.15, 0.2) is 60.7 Å². The van der Waals surface area contributed by atoms with Gasteiger partial charge in [-0.3, -0.25) is 0 Å². The van der Waals surface area contributed by atoms with E-state index in [4.69, 9.17) is 28.4 Å². The fraction of sp³-hybridized carbons (Fsp3) is 0.435. The molecule has 280 valence electrons. The van der Waals surface area contributed by atoms with Gasteiger partial charge in [-0.1, -0.05) is 127 Å². The highest BCUT2D eigenvalue weighted by Gasteiger charge is 2.18. The third-order valence-electron chi connectivity index (χ3n) is 9.88. The highest BCUT2D eigenvalue weighted by molar-refractivity contribution is 5.99. The third kappa shape index (κ3) is 10.7. The van der Waals surface area contributed by atoms with Gasteiger partial charge in [-0.2, -0.15) is 0 Å². The Hall–Kier alpha value is -4.58. The summed E-state index contributed by atoms with van der Waals surface area (Å²) < 4.78 is 35.7. The lowest BCUT2D eigenvalue weighted by atomic mass is 9.98. The molecule has 4 rings (SSSR count). The minimum Gasteiger partial charge on any atom is -0.493 e. The Kier molecular flexibility index (Phi) is 16.3. The van der Waals surface area contributed by atoms with Gasteiger partial charge in [-0.15, -0.1) is 0 Å². The summed E-state index contributed by atoms with van der Waals surface area (Å²) in [5, 5.41) is 2.31. The molecule has 6 heteroatoms. The number of rotatable bonds is 22. The van der Waals surface area contributed by atoms with Gasteiger partial charge in [-0.25, -0.2) is 0 Å². The summed E-state index contributed by atoms with van der Waals surface area (Å²) in [7, 11) is 6.70. The van der Waals surface area contributed by atoms with E-state index in [0.717, 1.165) is 58.7 Å². The Morgan fingerprint density at radius 3 is 1.17 bits per heavy atom. The van der Waals surface area contributed by atoms with Gasteiger partial charge in [0.05, 0.1) is 41.7 Å². The molecular formula is C46H60O6. The van der Waals surface area contributed by atoms with Gasteiger partial charge >= 0.3 is 0 Å². The molecule has 0 heterocycles. The molecule has 0 amide bonds. The van der Waals surface area contributed by atoms with Crippen LogP contribution in [0.25, 0.3) is 35.1 Å². The number of unbranched alkanes of at least 4 members (excludes halogenated alkanes) is 2. The maximum atomic E-state index is 6.31. The standard InChI is InChI=1S/C46H60O6/c1-9-13-17-33(11-3)31-51-45-41(47-5)27-35(28-42(45)48-6)23-25-37-19-15-22-40-38(20-16-21-39(37)40)26-24-36-29-43(49-7)46(44(30-36)50-8)52-32-34(12-4)18-14-10-2/h15-16,19-30,33-34H,9-14,17-18,31-32H2,1-8H3/b25-23+,26-24+. The van der Waals surface area contributed by atoms with E-state index in [1.54, 1.807) is 28.4 Å². The molecule has 52 heavy (non-hydrogen) atoms. The second-order valence-corrected chi connectivity index (χ2v) is 13.4. The minimum atomic E-state index is 0.504. The van der Waals surface area contributed by atoms with Crippen LogP contribution in [0.1, 0.15) is 101 Å². The van der Waals surface area contributed by atoms with Crippen molar-refractivity contribution in [1.82, 2.24) is 0 Å². The summed E-state index contributed by atoms with van der Waals surface area (Å²) >= 11 is 0. The summed E-state index contributed by atoms with van der Waals surface area (Å²) in [4.78, 5) is 0. The van der Waals surface area contributed by atoms with Crippen LogP contribution in [-0.4, -0.2) is 41.7 Å². The van der Waals surface area contributed by atoms with E-state index in [1.807, 2.05) is 24.3 Å². The predicted octanol–water partition coefficient (Wildman–Crippen LogP) is 12.4. The van der Waals surface area contributed by atoms with Crippen LogP contribution in [-0.2, 0) is 0 Å². The molecule has 0 aromatic heterocycles. The van der Waals surface area contributed by atoms with Crippen LogP contribution in [0.3, 0.4) is 0 Å². The number of hydrogen-bond acceptors (Lipinski definition) is 6. The first-order chi connectivity index (χ1) is 25.4. The van der Waals surface area contributed by atoms with E-state index in [1.165, 1.54) is 25.7 Å². The average Bonchev–Trinajstić information content (AvgIpc) is 3.19. The smallest absolute Gasteiger partial charge is 0.203 e. The first kappa shape index (κ1) is 40.2. The zero-order valence-corrected chi connectivity index (χ0v) is 32.8. The Morgan fingerprint density at radius 2 is 0.865 bits per heavy atom. The Bertz CT molecular complexity index is 1580. The molecule has 6 nitrogen and oxygen atoms in total. The monoisotopic (exact) mass is 708 g/mol. The largest absolute Gasteiger partial charge is 0.493 e. The molecule has 0 bridgehead atoms. The van der Waals surface area contributed by atoms with Crippen molar-refractivity contribution in [2.75, 3.05) is 41.7 Å². The van der Waals surface area contributed by atoms with E-state index < -0.39 is 0 Å². The zero-order valence-electron chi connectivity index (χ0n) is 32.8. The van der Waals surface area contributed by atoms with Crippen molar-refractivity contribution in [3.05, 3.63) is 82.9 Å². The molecule has 0 radical (unpaired) electrons. The highest BCUT2D eigenvalue weighted by atomic mass is 16.5. The lowest BCUT2D eigenvalue weighted by molar-refractivity contribution is 0.215. The van der Waals surface area contributed by atoms with Gasteiger partial charge in [0.1, 0.15) is 0 Å². The highest BCUT2D eigenvalue weighted by Crippen LogP contribution is 2.41. The Labute approximate surface area is 312 Å². The summed E-state index contributed by atoms with van der Waals surface area (Å²) in [5.74, 6) is 4.99. The number of benzene rings is 4. The van der Waals surface area contributed by atoms with Crippen LogP contribution in [0, 0.1) is 11.8 Å². The van der Waals surface area contributed by atoms with Crippen LogP contribution in [0.5, 0.6) is 34.5 Å². The molecule has 0 aliphatic rings. The molecule has 2 atom stereocenters. The maximum Gasteiger partial charge on any atom is 0.203 e. The zero-order chi connectivity index (χ0) is 37.3. The second-order valence-electron chi connectivity index (χ2n) is 13.4. The van der Waals surface area contributed by atoms with Crippen LogP contribution >= 0.6 is 0 Å². The normalized spacial score (nSPS) is 12.7. The molecule has 0 aliphatic heterocycles. The van der Waals surface area contributed by atoms with Gasteiger partial charge in [0.25, 0.3) is 0 Å². The van der Waals surface area contributed by atoms with Crippen LogP contribution in [0.2, 0.25) is 0 Å². The molecule has 0 N–H and O–H groups in total. The van der Waals surface area contributed by atoms with Gasteiger partial charge in [0.2, 0.25) is 11.5 Å². The third-order valence-corrected chi connectivity index (χ3v) is 9.88. The lowest BCUT2D eigenvalue weighted by Crippen LogP contribution is -2.12. The molecule has 0 fully saturated rings. The topological polar surface area (TPSA) is 55.4 Å². The van der Waals surface area contributed by atoms with Crippen molar-refractivity contribution in [3.63, 3.8) is 0 Å². The van der Waals surface area contributed by atoms with E-state index in [0.29, 0.717) is 59.5 Å². The van der Waals surface area contributed by atoms with Crippen molar-refractivity contribution in [2.24, 2.45) is 11.8 Å². The van der Waals surface area contributed by atoms with E-state index in [2.05, 4.69) is 88.4 Å². The molecule has 0 saturated heterocycles. The fourth-order valence-electron chi connectivity index (χ4n) is 6.50. The average molecular weight is 709 g/mol. The number of fused-ring (bicyclic) bond motifs is 1. The molecule has 4 aromatic carbocycles. The molecule has 0 aliphatic carbocycles. The summed E-state index contributed by atoms with van der Waals surface area (Å²) in [6.07, 6.45) is 17.7. The Balaban J connectivity index is 1.58.